The lowest BCUT2D eigenvalue weighted by Gasteiger charge is -1.98. The van der Waals surface area contributed by atoms with Gasteiger partial charge in [0.2, 0.25) is 0 Å². The highest BCUT2D eigenvalue weighted by atomic mass is 16.2. The summed E-state index contributed by atoms with van der Waals surface area (Å²) in [5, 5.41) is 7.38. The van der Waals surface area contributed by atoms with Crippen LogP contribution >= 0.6 is 0 Å². The SMILES string of the molecule is CCCNC(=O)c1cc(=O)[nH][nH]1. The molecular weight excluding hydrogens is 158 g/mol. The van der Waals surface area contributed by atoms with Crippen LogP contribution in [-0.4, -0.2) is 22.6 Å². The van der Waals surface area contributed by atoms with Crippen LogP contribution in [0.2, 0.25) is 0 Å². The first-order valence-corrected chi connectivity index (χ1v) is 3.80. The monoisotopic (exact) mass is 169 g/mol. The van der Waals surface area contributed by atoms with Gasteiger partial charge in [0.15, 0.2) is 0 Å². The number of aromatic nitrogens is 2. The number of aromatic amines is 2. The van der Waals surface area contributed by atoms with E-state index in [9.17, 15) is 9.59 Å². The molecule has 0 atom stereocenters. The Hall–Kier alpha value is -1.52. The summed E-state index contributed by atoms with van der Waals surface area (Å²) in [6.07, 6.45) is 0.875. The fourth-order valence-corrected chi connectivity index (χ4v) is 0.788. The molecule has 5 heteroatoms. The van der Waals surface area contributed by atoms with Crippen LogP contribution in [-0.2, 0) is 0 Å². The first kappa shape index (κ1) is 8.58. The molecule has 0 saturated heterocycles. The Bertz CT molecular complexity index is 312. The van der Waals surface area contributed by atoms with Crippen LogP contribution in [0.25, 0.3) is 0 Å². The van der Waals surface area contributed by atoms with E-state index in [1.54, 1.807) is 0 Å². The first-order valence-electron chi connectivity index (χ1n) is 3.80. The number of carbonyl (C=O) groups is 1. The van der Waals surface area contributed by atoms with Gasteiger partial charge in [-0.2, -0.15) is 0 Å². The first-order chi connectivity index (χ1) is 5.74. The minimum atomic E-state index is -0.295. The van der Waals surface area contributed by atoms with Crippen LogP contribution in [0.3, 0.4) is 0 Å². The molecule has 0 aliphatic carbocycles. The molecule has 1 aromatic heterocycles. The van der Waals surface area contributed by atoms with E-state index in [-0.39, 0.29) is 17.2 Å². The van der Waals surface area contributed by atoms with Gasteiger partial charge in [0.05, 0.1) is 0 Å². The maximum absolute atomic E-state index is 11.1. The maximum Gasteiger partial charge on any atom is 0.269 e. The molecule has 5 nitrogen and oxygen atoms in total. The molecule has 1 amide bonds. The minimum absolute atomic E-state index is 0.254. The third kappa shape index (κ3) is 1.98. The summed E-state index contributed by atoms with van der Waals surface area (Å²) in [6.45, 7) is 2.58. The fraction of sp³-hybridized carbons (Fsp3) is 0.429. The lowest BCUT2D eigenvalue weighted by atomic mass is 10.4. The number of rotatable bonds is 3. The fourth-order valence-electron chi connectivity index (χ4n) is 0.788. The van der Waals surface area contributed by atoms with E-state index in [1.165, 1.54) is 6.07 Å². The summed E-state index contributed by atoms with van der Waals surface area (Å²) in [5.41, 5.74) is -0.0231. The molecule has 1 heterocycles. The van der Waals surface area contributed by atoms with Crippen LogP contribution < -0.4 is 10.9 Å². The van der Waals surface area contributed by atoms with Crippen LogP contribution in [0.1, 0.15) is 23.8 Å². The molecule has 0 unspecified atom stereocenters. The molecule has 0 bridgehead atoms. The maximum atomic E-state index is 11.1. The Labute approximate surface area is 69.2 Å². The van der Waals surface area contributed by atoms with Crippen LogP contribution in [0, 0.1) is 0 Å². The van der Waals surface area contributed by atoms with Gasteiger partial charge in [-0.3, -0.25) is 19.8 Å². The zero-order valence-corrected chi connectivity index (χ0v) is 6.81. The van der Waals surface area contributed by atoms with Gasteiger partial charge in [0.1, 0.15) is 5.69 Å². The second-order valence-electron chi connectivity index (χ2n) is 2.43. The van der Waals surface area contributed by atoms with Crippen LogP contribution in [0.15, 0.2) is 10.9 Å². The van der Waals surface area contributed by atoms with Crippen molar-refractivity contribution in [3.05, 3.63) is 22.1 Å². The summed E-state index contributed by atoms with van der Waals surface area (Å²) in [7, 11) is 0. The van der Waals surface area contributed by atoms with E-state index in [4.69, 9.17) is 0 Å². The van der Waals surface area contributed by atoms with Gasteiger partial charge in [-0.1, -0.05) is 6.92 Å². The largest absolute Gasteiger partial charge is 0.351 e. The molecule has 0 aliphatic rings. The van der Waals surface area contributed by atoms with E-state index in [0.717, 1.165) is 6.42 Å². The molecular formula is C7H11N3O2. The number of amides is 1. The van der Waals surface area contributed by atoms with Crippen molar-refractivity contribution in [2.45, 2.75) is 13.3 Å². The lowest BCUT2D eigenvalue weighted by Crippen LogP contribution is -2.24. The van der Waals surface area contributed by atoms with Gasteiger partial charge in [-0.05, 0) is 6.42 Å². The van der Waals surface area contributed by atoms with E-state index >= 15 is 0 Å². The van der Waals surface area contributed by atoms with Crippen molar-refractivity contribution in [3.8, 4) is 0 Å². The molecule has 0 fully saturated rings. The number of nitrogens with one attached hydrogen (secondary N) is 3. The molecule has 0 aliphatic heterocycles. The number of hydrogen-bond acceptors (Lipinski definition) is 2. The van der Waals surface area contributed by atoms with Gasteiger partial charge >= 0.3 is 0 Å². The van der Waals surface area contributed by atoms with Crippen molar-refractivity contribution in [2.75, 3.05) is 6.54 Å². The third-order valence-corrected chi connectivity index (χ3v) is 1.38. The summed E-state index contributed by atoms with van der Waals surface area (Å²) in [4.78, 5) is 21.7. The number of H-pyrrole nitrogens is 2. The standard InChI is InChI=1S/C7H11N3O2/c1-2-3-8-7(12)5-4-6(11)10-9-5/h4H,2-3H2,1H3,(H,8,12)(H2,9,10,11). The van der Waals surface area contributed by atoms with E-state index in [1.807, 2.05) is 6.92 Å². The zero-order chi connectivity index (χ0) is 8.97. The molecule has 3 N–H and O–H groups in total. The molecule has 0 radical (unpaired) electrons. The van der Waals surface area contributed by atoms with Crippen molar-refractivity contribution < 1.29 is 4.79 Å². The normalized spacial score (nSPS) is 9.75. The molecule has 1 rings (SSSR count). The summed E-state index contributed by atoms with van der Waals surface area (Å²) < 4.78 is 0. The topological polar surface area (TPSA) is 77.8 Å². The average molecular weight is 169 g/mol. The minimum Gasteiger partial charge on any atom is -0.351 e. The Balaban J connectivity index is 2.59. The molecule has 66 valence electrons. The van der Waals surface area contributed by atoms with Gasteiger partial charge in [-0.15, -0.1) is 0 Å². The lowest BCUT2D eigenvalue weighted by molar-refractivity contribution is 0.0948. The van der Waals surface area contributed by atoms with Crippen LogP contribution in [0.4, 0.5) is 0 Å². The van der Waals surface area contributed by atoms with E-state index < -0.39 is 0 Å². The predicted molar refractivity (Wildman–Crippen MR) is 44.0 cm³/mol. The molecule has 12 heavy (non-hydrogen) atoms. The van der Waals surface area contributed by atoms with Crippen molar-refractivity contribution in [3.63, 3.8) is 0 Å². The van der Waals surface area contributed by atoms with E-state index in [2.05, 4.69) is 15.5 Å². The zero-order valence-electron chi connectivity index (χ0n) is 6.81. The van der Waals surface area contributed by atoms with Crippen molar-refractivity contribution in [1.82, 2.24) is 15.5 Å². The molecule has 0 spiro atoms. The highest BCUT2D eigenvalue weighted by Gasteiger charge is 2.05. The third-order valence-electron chi connectivity index (χ3n) is 1.38. The Morgan fingerprint density at radius 2 is 2.33 bits per heavy atom. The second-order valence-corrected chi connectivity index (χ2v) is 2.43. The Morgan fingerprint density at radius 3 is 2.83 bits per heavy atom. The van der Waals surface area contributed by atoms with Gasteiger partial charge in [-0.25, -0.2) is 0 Å². The quantitative estimate of drug-likeness (QED) is 0.588. The van der Waals surface area contributed by atoms with Gasteiger partial charge in [0, 0.05) is 12.6 Å². The number of carbonyl (C=O) groups excluding carboxylic acids is 1. The smallest absolute Gasteiger partial charge is 0.269 e. The summed E-state index contributed by atoms with van der Waals surface area (Å²) >= 11 is 0. The van der Waals surface area contributed by atoms with Crippen molar-refractivity contribution >= 4 is 5.91 Å². The number of hydrogen-bond donors (Lipinski definition) is 3. The van der Waals surface area contributed by atoms with Gasteiger partial charge < -0.3 is 5.32 Å². The second kappa shape index (κ2) is 3.75. The summed E-state index contributed by atoms with van der Waals surface area (Å²) in [6, 6.07) is 1.23. The van der Waals surface area contributed by atoms with E-state index in [0.29, 0.717) is 6.54 Å². The Morgan fingerprint density at radius 1 is 1.58 bits per heavy atom. The van der Waals surface area contributed by atoms with Crippen molar-refractivity contribution in [1.29, 1.82) is 0 Å². The molecule has 1 aromatic rings. The average Bonchev–Trinajstić information content (AvgIpc) is 2.47. The highest BCUT2D eigenvalue weighted by molar-refractivity contribution is 5.91. The molecule has 0 saturated carbocycles. The molecule has 0 aromatic carbocycles. The summed E-state index contributed by atoms with van der Waals surface area (Å²) in [5.74, 6) is -0.254. The highest BCUT2D eigenvalue weighted by Crippen LogP contribution is 1.86. The Kier molecular flexibility index (Phi) is 2.68. The van der Waals surface area contributed by atoms with Gasteiger partial charge in [0.25, 0.3) is 11.5 Å². The van der Waals surface area contributed by atoms with Crippen molar-refractivity contribution in [2.24, 2.45) is 0 Å². The van der Waals surface area contributed by atoms with Crippen LogP contribution in [0.5, 0.6) is 0 Å². The predicted octanol–water partition coefficient (Wildman–Crippen LogP) is -0.157.